The minimum Gasteiger partial charge on any atom is -0.356 e. The number of piperidine rings is 1. The smallest absolute Gasteiger partial charge is 0.191 e. The Labute approximate surface area is 147 Å². The second kappa shape index (κ2) is 13.4. The van der Waals surface area contributed by atoms with Crippen molar-refractivity contribution in [2.75, 3.05) is 33.2 Å². The average molecular weight is 408 g/mol. The van der Waals surface area contributed by atoms with Gasteiger partial charge in [-0.25, -0.2) is 0 Å². The molecule has 0 aromatic heterocycles. The van der Waals surface area contributed by atoms with Gasteiger partial charge in [0.25, 0.3) is 0 Å². The number of nitrogens with one attached hydrogen (secondary N) is 2. The maximum atomic E-state index is 4.31. The lowest BCUT2D eigenvalue weighted by molar-refractivity contribution is 0.203. The summed E-state index contributed by atoms with van der Waals surface area (Å²) in [5.74, 6) is 0.946. The highest BCUT2D eigenvalue weighted by atomic mass is 127. The van der Waals surface area contributed by atoms with Crippen LogP contribution in [0, 0.1) is 0 Å². The van der Waals surface area contributed by atoms with E-state index in [0.29, 0.717) is 6.04 Å². The third-order valence-electron chi connectivity index (χ3n) is 3.82. The lowest BCUT2D eigenvalue weighted by Gasteiger charge is -2.33. The molecule has 0 atom stereocenters. The van der Waals surface area contributed by atoms with Crippen LogP contribution in [0.3, 0.4) is 0 Å². The van der Waals surface area contributed by atoms with E-state index in [2.05, 4.69) is 46.5 Å². The number of likely N-dealkylation sites (tertiary alicyclic amines) is 1. The molecule has 4 nitrogen and oxygen atoms in total. The van der Waals surface area contributed by atoms with E-state index in [1.54, 1.807) is 0 Å². The number of guanidine groups is 1. The van der Waals surface area contributed by atoms with Gasteiger partial charge in [-0.3, -0.25) is 4.99 Å². The standard InChI is InChI=1S/C16H32N4.HI/c1-4-6-8-11-18-16(17-3)19-15-9-13-20(14-10-15)12-7-5-2;/h4,6,15H,5,7-14H2,1-3H3,(H2,17,18,19);1H. The van der Waals surface area contributed by atoms with Crippen molar-refractivity contribution in [3.8, 4) is 0 Å². The third-order valence-corrected chi connectivity index (χ3v) is 3.82. The van der Waals surface area contributed by atoms with Crippen LogP contribution in [0.2, 0.25) is 0 Å². The van der Waals surface area contributed by atoms with E-state index < -0.39 is 0 Å². The zero-order valence-electron chi connectivity index (χ0n) is 13.9. The first-order chi connectivity index (χ1) is 9.80. The lowest BCUT2D eigenvalue weighted by atomic mass is 10.0. The van der Waals surface area contributed by atoms with Crippen LogP contribution in [0.15, 0.2) is 17.1 Å². The number of nitrogens with zero attached hydrogens (tertiary/aromatic N) is 2. The molecule has 0 saturated carbocycles. The van der Waals surface area contributed by atoms with Crippen molar-refractivity contribution in [3.05, 3.63) is 12.2 Å². The zero-order valence-corrected chi connectivity index (χ0v) is 16.2. The summed E-state index contributed by atoms with van der Waals surface area (Å²) in [6, 6.07) is 0.570. The normalized spacial score (nSPS) is 17.8. The second-order valence-corrected chi connectivity index (χ2v) is 5.47. The molecule has 1 aliphatic rings. The van der Waals surface area contributed by atoms with E-state index in [0.717, 1.165) is 18.9 Å². The fourth-order valence-electron chi connectivity index (χ4n) is 2.51. The maximum Gasteiger partial charge on any atom is 0.191 e. The van der Waals surface area contributed by atoms with Gasteiger partial charge in [0.1, 0.15) is 0 Å². The van der Waals surface area contributed by atoms with Gasteiger partial charge in [-0.1, -0.05) is 25.5 Å². The van der Waals surface area contributed by atoms with Gasteiger partial charge in [0, 0.05) is 32.7 Å². The molecular formula is C16H33IN4. The SMILES string of the molecule is CC=CCCNC(=NC)NC1CCN(CCCC)CC1.I. The monoisotopic (exact) mass is 408 g/mol. The fourth-order valence-corrected chi connectivity index (χ4v) is 2.51. The van der Waals surface area contributed by atoms with Gasteiger partial charge in [-0.2, -0.15) is 0 Å². The predicted octanol–water partition coefficient (Wildman–Crippen LogP) is 3.00. The Balaban J connectivity index is 0.00000400. The molecule has 0 radical (unpaired) electrons. The van der Waals surface area contributed by atoms with E-state index in [1.807, 2.05) is 7.05 Å². The fraction of sp³-hybridized carbons (Fsp3) is 0.812. The first-order valence-corrected chi connectivity index (χ1v) is 8.10. The Kier molecular flexibility index (Phi) is 13.2. The van der Waals surface area contributed by atoms with Crippen molar-refractivity contribution in [2.45, 2.75) is 52.0 Å². The molecule has 0 amide bonds. The molecule has 0 aromatic carbocycles. The summed E-state index contributed by atoms with van der Waals surface area (Å²) in [5, 5.41) is 6.92. The topological polar surface area (TPSA) is 39.7 Å². The summed E-state index contributed by atoms with van der Waals surface area (Å²) in [4.78, 5) is 6.89. The summed E-state index contributed by atoms with van der Waals surface area (Å²) >= 11 is 0. The minimum absolute atomic E-state index is 0. The predicted molar refractivity (Wildman–Crippen MR) is 104 cm³/mol. The molecule has 2 N–H and O–H groups in total. The van der Waals surface area contributed by atoms with Gasteiger partial charge in [0.05, 0.1) is 0 Å². The van der Waals surface area contributed by atoms with Gasteiger partial charge in [-0.05, 0) is 39.2 Å². The number of aliphatic imine (C=N–C) groups is 1. The Morgan fingerprint density at radius 2 is 2.05 bits per heavy atom. The summed E-state index contributed by atoms with van der Waals surface area (Å²) in [5.41, 5.74) is 0. The summed E-state index contributed by atoms with van der Waals surface area (Å²) in [7, 11) is 1.85. The largest absolute Gasteiger partial charge is 0.356 e. The first-order valence-electron chi connectivity index (χ1n) is 8.10. The molecule has 0 aromatic rings. The van der Waals surface area contributed by atoms with Gasteiger partial charge in [-0.15, -0.1) is 24.0 Å². The highest BCUT2D eigenvalue weighted by Crippen LogP contribution is 2.10. The molecule has 0 aliphatic carbocycles. The van der Waals surface area contributed by atoms with Crippen molar-refractivity contribution >= 4 is 29.9 Å². The number of hydrogen-bond donors (Lipinski definition) is 2. The minimum atomic E-state index is 0. The molecule has 0 unspecified atom stereocenters. The highest BCUT2D eigenvalue weighted by Gasteiger charge is 2.19. The van der Waals surface area contributed by atoms with E-state index in [1.165, 1.54) is 45.3 Å². The third kappa shape index (κ3) is 9.34. The van der Waals surface area contributed by atoms with Crippen molar-refractivity contribution < 1.29 is 0 Å². The van der Waals surface area contributed by atoms with E-state index in [4.69, 9.17) is 0 Å². The van der Waals surface area contributed by atoms with Gasteiger partial charge in [0.15, 0.2) is 5.96 Å². The number of hydrogen-bond acceptors (Lipinski definition) is 2. The molecule has 1 rings (SSSR count). The average Bonchev–Trinajstić information content (AvgIpc) is 2.49. The second-order valence-electron chi connectivity index (χ2n) is 5.47. The van der Waals surface area contributed by atoms with Crippen LogP contribution >= 0.6 is 24.0 Å². The van der Waals surface area contributed by atoms with Crippen molar-refractivity contribution in [3.63, 3.8) is 0 Å². The van der Waals surface area contributed by atoms with Crippen LogP contribution in [0.4, 0.5) is 0 Å². The highest BCUT2D eigenvalue weighted by molar-refractivity contribution is 14.0. The molecule has 1 fully saturated rings. The number of unbranched alkanes of at least 4 members (excludes halogenated alkanes) is 1. The Morgan fingerprint density at radius 1 is 1.33 bits per heavy atom. The Hall–Kier alpha value is -0.300. The Bertz CT molecular complexity index is 297. The van der Waals surface area contributed by atoms with Crippen molar-refractivity contribution in [1.29, 1.82) is 0 Å². The molecule has 21 heavy (non-hydrogen) atoms. The van der Waals surface area contributed by atoms with Crippen LogP contribution in [0.25, 0.3) is 0 Å². The number of halogens is 1. The van der Waals surface area contributed by atoms with Crippen LogP contribution < -0.4 is 10.6 Å². The van der Waals surface area contributed by atoms with Crippen LogP contribution in [0.1, 0.15) is 46.0 Å². The molecule has 0 bridgehead atoms. The van der Waals surface area contributed by atoms with E-state index >= 15 is 0 Å². The molecule has 124 valence electrons. The molecule has 1 saturated heterocycles. The molecule has 1 heterocycles. The Morgan fingerprint density at radius 3 is 2.62 bits per heavy atom. The van der Waals surface area contributed by atoms with Crippen molar-refractivity contribution in [1.82, 2.24) is 15.5 Å². The molecule has 1 aliphatic heterocycles. The van der Waals surface area contributed by atoms with E-state index in [-0.39, 0.29) is 24.0 Å². The van der Waals surface area contributed by atoms with Gasteiger partial charge >= 0.3 is 0 Å². The first kappa shape index (κ1) is 20.7. The van der Waals surface area contributed by atoms with Gasteiger partial charge < -0.3 is 15.5 Å². The number of rotatable bonds is 7. The van der Waals surface area contributed by atoms with E-state index in [9.17, 15) is 0 Å². The molecule has 5 heteroatoms. The van der Waals surface area contributed by atoms with Gasteiger partial charge in [0.2, 0.25) is 0 Å². The molecule has 0 spiro atoms. The zero-order chi connectivity index (χ0) is 14.6. The lowest BCUT2D eigenvalue weighted by Crippen LogP contribution is -2.48. The number of allylic oxidation sites excluding steroid dienone is 1. The van der Waals surface area contributed by atoms with Crippen molar-refractivity contribution in [2.24, 2.45) is 4.99 Å². The van der Waals surface area contributed by atoms with Crippen LogP contribution in [-0.4, -0.2) is 50.1 Å². The summed E-state index contributed by atoms with van der Waals surface area (Å²) in [6.07, 6.45) is 10.4. The van der Waals surface area contributed by atoms with Crippen LogP contribution in [-0.2, 0) is 0 Å². The summed E-state index contributed by atoms with van der Waals surface area (Å²) in [6.45, 7) is 8.95. The maximum absolute atomic E-state index is 4.31. The molecular weight excluding hydrogens is 375 g/mol. The quantitative estimate of drug-likeness (QED) is 0.224. The van der Waals surface area contributed by atoms with Crippen LogP contribution in [0.5, 0.6) is 0 Å². The summed E-state index contributed by atoms with van der Waals surface area (Å²) < 4.78 is 0.